The number of nitrogens with one attached hydrogen (secondary N) is 1. The fourth-order valence-corrected chi connectivity index (χ4v) is 5.44. The molecule has 2 N–H and O–H groups in total. The van der Waals surface area contributed by atoms with Crippen LogP contribution in [-0.2, 0) is 28.9 Å². The van der Waals surface area contributed by atoms with Gasteiger partial charge in [0.25, 0.3) is 5.91 Å². The van der Waals surface area contributed by atoms with Gasteiger partial charge in [-0.25, -0.2) is 8.42 Å². The van der Waals surface area contributed by atoms with Gasteiger partial charge < -0.3 is 15.0 Å². The normalized spacial score (nSPS) is 15.5. The fraction of sp³-hybridized carbons (Fsp3) is 0.276. The average Bonchev–Trinajstić information content (AvgIpc) is 3.33. The number of carbonyl (C=O) groups is 1. The molecule has 0 aliphatic rings. The van der Waals surface area contributed by atoms with Crippen LogP contribution in [0.5, 0.6) is 0 Å². The van der Waals surface area contributed by atoms with Crippen molar-refractivity contribution >= 4 is 38.2 Å². The van der Waals surface area contributed by atoms with Crippen LogP contribution in [0.2, 0.25) is 5.02 Å². The lowest BCUT2D eigenvalue weighted by molar-refractivity contribution is -0.138. The maximum absolute atomic E-state index is 13.8. The van der Waals surface area contributed by atoms with Crippen LogP contribution in [0.3, 0.4) is 0 Å². The van der Waals surface area contributed by atoms with Crippen molar-refractivity contribution in [2.24, 2.45) is 0 Å². The maximum Gasteiger partial charge on any atom is 0.416 e. The second kappa shape index (κ2) is 11.6. The number of carbonyl (C=O) groups excluding carboxylic acids is 1. The third-order valence-corrected chi connectivity index (χ3v) is 8.50. The molecular formula is C29H28ClF3N2O4S. The molecule has 0 aliphatic heterocycles. The van der Waals surface area contributed by atoms with Gasteiger partial charge in [0.15, 0.2) is 9.84 Å². The molecule has 1 heterocycles. The minimum Gasteiger partial charge on any atom is -0.394 e. The van der Waals surface area contributed by atoms with Crippen molar-refractivity contribution in [3.05, 3.63) is 99.7 Å². The first kappa shape index (κ1) is 23.4. The number of aliphatic hydroxyl groups excluding tert-OH is 1. The van der Waals surface area contributed by atoms with Crippen molar-refractivity contribution in [3.8, 4) is 0 Å². The van der Waals surface area contributed by atoms with Crippen LogP contribution in [0.4, 0.5) is 13.2 Å². The highest BCUT2D eigenvalue weighted by atomic mass is 35.5. The summed E-state index contributed by atoms with van der Waals surface area (Å²) in [5.41, 5.74) is -0.935. The van der Waals surface area contributed by atoms with Crippen molar-refractivity contribution < 1.29 is 38.3 Å². The number of benzene rings is 3. The zero-order valence-corrected chi connectivity index (χ0v) is 22.7. The molecule has 212 valence electrons. The quantitative estimate of drug-likeness (QED) is 0.241. The van der Waals surface area contributed by atoms with Crippen LogP contribution in [-0.4, -0.2) is 36.4 Å². The van der Waals surface area contributed by atoms with Crippen molar-refractivity contribution in [1.29, 1.82) is 0 Å². The highest BCUT2D eigenvalue weighted by Crippen LogP contribution is 2.35. The van der Waals surface area contributed by atoms with E-state index >= 15 is 0 Å². The molecule has 3 aromatic carbocycles. The van der Waals surface area contributed by atoms with E-state index < -0.39 is 59.9 Å². The third kappa shape index (κ3) is 6.19. The Morgan fingerprint density at radius 3 is 2.48 bits per heavy atom. The Morgan fingerprint density at radius 2 is 1.85 bits per heavy atom. The lowest BCUT2D eigenvalue weighted by Crippen LogP contribution is -2.30. The predicted molar refractivity (Wildman–Crippen MR) is 148 cm³/mol. The Labute approximate surface area is 242 Å². The van der Waals surface area contributed by atoms with Crippen molar-refractivity contribution in [1.82, 2.24) is 9.88 Å². The van der Waals surface area contributed by atoms with Gasteiger partial charge in [0.05, 0.1) is 28.9 Å². The molecule has 0 unspecified atom stereocenters. The molecule has 4 rings (SSSR count). The summed E-state index contributed by atoms with van der Waals surface area (Å²) in [5, 5.41) is 12.6. The fourth-order valence-electron chi connectivity index (χ4n) is 4.39. The molecule has 0 saturated carbocycles. The first-order valence-corrected chi connectivity index (χ1v) is 14.1. The number of halogens is 4. The number of aromatic nitrogens is 1. The number of alkyl halides is 3. The van der Waals surface area contributed by atoms with Gasteiger partial charge in [-0.05, 0) is 66.5 Å². The van der Waals surface area contributed by atoms with Gasteiger partial charge in [-0.3, -0.25) is 4.79 Å². The highest BCUT2D eigenvalue weighted by Gasteiger charge is 2.33. The van der Waals surface area contributed by atoms with Gasteiger partial charge in [-0.2, -0.15) is 13.2 Å². The van der Waals surface area contributed by atoms with Gasteiger partial charge in [-0.15, -0.1) is 0 Å². The van der Waals surface area contributed by atoms with Crippen molar-refractivity contribution in [2.45, 2.75) is 43.8 Å². The van der Waals surface area contributed by atoms with E-state index in [0.717, 1.165) is 16.7 Å². The average molecular weight is 598 g/mol. The van der Waals surface area contributed by atoms with E-state index in [4.69, 9.17) is 18.5 Å². The third-order valence-electron chi connectivity index (χ3n) is 6.51. The van der Waals surface area contributed by atoms with Crippen LogP contribution in [0.25, 0.3) is 10.9 Å². The van der Waals surface area contributed by atoms with E-state index in [2.05, 4.69) is 5.32 Å². The molecule has 0 saturated heterocycles. The molecule has 1 aromatic heterocycles. The lowest BCUT2D eigenvalue weighted by Gasteiger charge is -2.17. The van der Waals surface area contributed by atoms with E-state index in [1.807, 2.05) is 0 Å². The van der Waals surface area contributed by atoms with Gasteiger partial charge in [0.1, 0.15) is 0 Å². The zero-order valence-electron chi connectivity index (χ0n) is 26.1. The Balaban J connectivity index is 1.74. The second-order valence-electron chi connectivity index (χ2n) is 9.01. The molecule has 40 heavy (non-hydrogen) atoms. The largest absolute Gasteiger partial charge is 0.416 e. The topological polar surface area (TPSA) is 88.4 Å². The Hall–Kier alpha value is -3.34. The van der Waals surface area contributed by atoms with Gasteiger partial charge >= 0.3 is 6.18 Å². The summed E-state index contributed by atoms with van der Waals surface area (Å²) in [4.78, 5) is 13.3. The number of hydrogen-bond acceptors (Lipinski definition) is 4. The van der Waals surface area contributed by atoms with Gasteiger partial charge in [0, 0.05) is 47.0 Å². The van der Waals surface area contributed by atoms with Crippen LogP contribution in [0, 0.1) is 0 Å². The molecular weight excluding hydrogens is 565 g/mol. The van der Waals surface area contributed by atoms with Gasteiger partial charge in [-0.1, -0.05) is 36.7 Å². The Bertz CT molecular complexity index is 1840. The predicted octanol–water partition coefficient (Wildman–Crippen LogP) is 6.18. The SMILES string of the molecule is [2H]C([2H])([2H])C([2H])([2H])n1c(Cc2ccc(Cl)cc2C(F)(F)F)cc2cc(C(=O)N[C@@H](CO)c3ccc(S(=O)(=O)CC)cc3)ccc21. The first-order chi connectivity index (χ1) is 20.8. The van der Waals surface area contributed by atoms with Crippen LogP contribution >= 0.6 is 11.6 Å². The summed E-state index contributed by atoms with van der Waals surface area (Å²) in [5.74, 6) is -0.776. The standard InChI is InChI=1S/C29H28ClF3N2O4S/c1-3-35-23(14-19-5-9-22(30)16-25(19)29(31,32)33)15-21-13-20(8-12-27(21)35)28(37)34-26(17-36)18-6-10-24(11-7-18)40(38,39)4-2/h5-13,15-16,26,36H,3-4,14,17H2,1-2H3,(H,34,37)/t26-/m0/s1/i1D3,3D2. The number of fused-ring (bicyclic) bond motifs is 1. The van der Waals surface area contributed by atoms with Crippen molar-refractivity contribution in [2.75, 3.05) is 12.4 Å². The number of rotatable bonds is 9. The molecule has 0 bridgehead atoms. The smallest absolute Gasteiger partial charge is 0.394 e. The molecule has 1 amide bonds. The number of amides is 1. The molecule has 11 heteroatoms. The summed E-state index contributed by atoms with van der Waals surface area (Å²) < 4.78 is 107. The van der Waals surface area contributed by atoms with Crippen molar-refractivity contribution in [3.63, 3.8) is 0 Å². The summed E-state index contributed by atoms with van der Waals surface area (Å²) in [6.07, 6.45) is -5.30. The molecule has 0 fully saturated rings. The summed E-state index contributed by atoms with van der Waals surface area (Å²) in [6, 6.07) is 13.1. The molecule has 4 aromatic rings. The molecule has 0 aliphatic carbocycles. The van der Waals surface area contributed by atoms with E-state index in [1.165, 1.54) is 61.5 Å². The zero-order chi connectivity index (χ0) is 33.5. The summed E-state index contributed by atoms with van der Waals surface area (Å²) in [6.45, 7) is -5.28. The summed E-state index contributed by atoms with van der Waals surface area (Å²) >= 11 is 5.80. The number of hydrogen-bond donors (Lipinski definition) is 2. The van der Waals surface area contributed by atoms with Crippen LogP contribution < -0.4 is 5.32 Å². The first-order valence-electron chi connectivity index (χ1n) is 14.5. The van der Waals surface area contributed by atoms with E-state index in [0.29, 0.717) is 5.56 Å². The number of sulfone groups is 1. The monoisotopic (exact) mass is 597 g/mol. The molecule has 0 spiro atoms. The Kier molecular flexibility index (Phi) is 6.80. The number of nitrogens with zero attached hydrogens (tertiary/aromatic N) is 1. The molecule has 0 radical (unpaired) electrons. The van der Waals surface area contributed by atoms with E-state index in [-0.39, 0.29) is 43.4 Å². The van der Waals surface area contributed by atoms with E-state index in [9.17, 15) is 31.5 Å². The maximum atomic E-state index is 13.8. The number of aryl methyl sites for hydroxylation is 1. The highest BCUT2D eigenvalue weighted by molar-refractivity contribution is 7.91. The van der Waals surface area contributed by atoms with E-state index in [1.54, 1.807) is 0 Å². The number of aliphatic hydroxyl groups is 1. The van der Waals surface area contributed by atoms with Crippen LogP contribution in [0.1, 0.15) is 59.4 Å². The minimum absolute atomic E-state index is 0.0247. The molecule has 1 atom stereocenters. The molecule has 6 nitrogen and oxygen atoms in total. The van der Waals surface area contributed by atoms with Crippen LogP contribution in [0.15, 0.2) is 71.6 Å². The van der Waals surface area contributed by atoms with Gasteiger partial charge in [0.2, 0.25) is 0 Å². The lowest BCUT2D eigenvalue weighted by atomic mass is 10.0. The minimum atomic E-state index is -4.79. The second-order valence-corrected chi connectivity index (χ2v) is 11.7. The summed E-state index contributed by atoms with van der Waals surface area (Å²) in [7, 11) is -3.46. The Morgan fingerprint density at radius 1 is 1.12 bits per heavy atom.